The third-order valence-corrected chi connectivity index (χ3v) is 5.16. The molecule has 0 aromatic heterocycles. The Balaban J connectivity index is 1.89. The number of nitrogens with one attached hydrogen (secondary N) is 2. The molecule has 2 aromatic rings. The average Bonchev–Trinajstić information content (AvgIpc) is 2.51. The number of benzene rings is 2. The molecule has 120 valence electrons. The van der Waals surface area contributed by atoms with Gasteiger partial charge in [0.15, 0.2) is 0 Å². The number of nitrogens with zero attached hydrogens (tertiary/aromatic N) is 1. The van der Waals surface area contributed by atoms with E-state index in [2.05, 4.69) is 10.0 Å². The van der Waals surface area contributed by atoms with Crippen molar-refractivity contribution in [3.05, 3.63) is 53.6 Å². The molecule has 1 heterocycles. The van der Waals surface area contributed by atoms with Crippen molar-refractivity contribution < 1.29 is 13.2 Å². The normalized spacial score (nSPS) is 14.2. The molecule has 7 heteroatoms. The number of anilines is 2. The minimum atomic E-state index is -3.63. The number of rotatable bonds is 3. The summed E-state index contributed by atoms with van der Waals surface area (Å²) in [6.45, 7) is 2.27. The van der Waals surface area contributed by atoms with E-state index in [0.717, 1.165) is 16.8 Å². The molecule has 2 amide bonds. The maximum absolute atomic E-state index is 12.4. The predicted octanol–water partition coefficient (Wildman–Crippen LogP) is 2.46. The zero-order valence-electron chi connectivity index (χ0n) is 12.8. The molecule has 6 nitrogen and oxygen atoms in total. The Morgan fingerprint density at radius 1 is 1.13 bits per heavy atom. The van der Waals surface area contributed by atoms with Gasteiger partial charge in [0, 0.05) is 19.3 Å². The van der Waals surface area contributed by atoms with Crippen molar-refractivity contribution in [2.75, 3.05) is 16.7 Å². The lowest BCUT2D eigenvalue weighted by molar-refractivity contribution is 0.246. The quantitative estimate of drug-likeness (QED) is 0.907. The van der Waals surface area contributed by atoms with Crippen LogP contribution in [0.1, 0.15) is 11.1 Å². The fraction of sp³-hybridized carbons (Fsp3) is 0.188. The fourth-order valence-electron chi connectivity index (χ4n) is 2.45. The number of fused-ring (bicyclic) bond motifs is 1. The van der Waals surface area contributed by atoms with Gasteiger partial charge < -0.3 is 5.32 Å². The molecular formula is C16H17N3O3S. The first-order valence-corrected chi connectivity index (χ1v) is 8.59. The Morgan fingerprint density at radius 2 is 1.83 bits per heavy atom. The van der Waals surface area contributed by atoms with E-state index < -0.39 is 10.0 Å². The third kappa shape index (κ3) is 3.00. The van der Waals surface area contributed by atoms with Gasteiger partial charge in [0.1, 0.15) is 0 Å². The second kappa shape index (κ2) is 5.58. The highest BCUT2D eigenvalue weighted by molar-refractivity contribution is 7.92. The van der Waals surface area contributed by atoms with Crippen LogP contribution in [0, 0.1) is 6.92 Å². The minimum absolute atomic E-state index is 0.175. The van der Waals surface area contributed by atoms with Crippen LogP contribution in [0.4, 0.5) is 16.2 Å². The molecule has 3 rings (SSSR count). The van der Waals surface area contributed by atoms with Crippen LogP contribution in [0.25, 0.3) is 0 Å². The molecule has 2 aromatic carbocycles. The maximum Gasteiger partial charge on any atom is 0.321 e. The van der Waals surface area contributed by atoms with Gasteiger partial charge in [0.2, 0.25) is 0 Å². The number of carbonyl (C=O) groups is 1. The smallest absolute Gasteiger partial charge is 0.321 e. The molecule has 0 bridgehead atoms. The van der Waals surface area contributed by atoms with Crippen LogP contribution in [-0.4, -0.2) is 21.5 Å². The monoisotopic (exact) mass is 331 g/mol. The van der Waals surface area contributed by atoms with Crippen molar-refractivity contribution in [3.63, 3.8) is 0 Å². The summed E-state index contributed by atoms with van der Waals surface area (Å²) in [5.41, 5.74) is 3.09. The summed E-state index contributed by atoms with van der Waals surface area (Å²) in [5.74, 6) is 0. The molecular weight excluding hydrogens is 314 g/mol. The number of aryl methyl sites for hydroxylation is 1. The zero-order valence-corrected chi connectivity index (χ0v) is 13.6. The second-order valence-corrected chi connectivity index (χ2v) is 7.16. The van der Waals surface area contributed by atoms with Crippen molar-refractivity contribution in [3.8, 4) is 0 Å². The van der Waals surface area contributed by atoms with Gasteiger partial charge in [-0.2, -0.15) is 0 Å². The molecule has 0 saturated carbocycles. The number of carbonyl (C=O) groups excluding carboxylic acids is 1. The molecule has 2 N–H and O–H groups in total. The molecule has 0 unspecified atom stereocenters. The number of hydrogen-bond donors (Lipinski definition) is 2. The van der Waals surface area contributed by atoms with Crippen LogP contribution in [0.2, 0.25) is 0 Å². The fourth-order valence-corrected chi connectivity index (χ4v) is 3.50. The molecule has 1 aliphatic heterocycles. The van der Waals surface area contributed by atoms with E-state index in [9.17, 15) is 13.2 Å². The van der Waals surface area contributed by atoms with E-state index >= 15 is 0 Å². The highest BCUT2D eigenvalue weighted by Gasteiger charge is 2.21. The van der Waals surface area contributed by atoms with Gasteiger partial charge in [0.25, 0.3) is 10.0 Å². The van der Waals surface area contributed by atoms with Gasteiger partial charge in [-0.05, 0) is 42.8 Å². The lowest BCUT2D eigenvalue weighted by Gasteiger charge is -2.27. The number of amides is 2. The van der Waals surface area contributed by atoms with E-state index in [1.165, 1.54) is 4.90 Å². The Labute approximate surface area is 135 Å². The van der Waals surface area contributed by atoms with Crippen molar-refractivity contribution in [2.24, 2.45) is 0 Å². The highest BCUT2D eigenvalue weighted by Crippen LogP contribution is 2.27. The summed E-state index contributed by atoms with van der Waals surface area (Å²) in [7, 11) is -1.96. The first-order valence-electron chi connectivity index (χ1n) is 7.11. The van der Waals surface area contributed by atoms with Gasteiger partial charge in [-0.3, -0.25) is 9.62 Å². The summed E-state index contributed by atoms with van der Waals surface area (Å²) in [6, 6.07) is 11.6. The summed E-state index contributed by atoms with van der Waals surface area (Å²) >= 11 is 0. The average molecular weight is 331 g/mol. The topological polar surface area (TPSA) is 78.5 Å². The van der Waals surface area contributed by atoms with Gasteiger partial charge in [-0.1, -0.05) is 17.7 Å². The second-order valence-electron chi connectivity index (χ2n) is 5.48. The Morgan fingerprint density at radius 3 is 2.52 bits per heavy atom. The van der Waals surface area contributed by atoms with Crippen molar-refractivity contribution in [2.45, 2.75) is 18.4 Å². The molecule has 0 saturated heterocycles. The van der Waals surface area contributed by atoms with Crippen LogP contribution in [0.15, 0.2) is 47.4 Å². The lowest BCUT2D eigenvalue weighted by atomic mass is 10.1. The van der Waals surface area contributed by atoms with E-state index in [0.29, 0.717) is 12.2 Å². The third-order valence-electron chi connectivity index (χ3n) is 3.76. The zero-order chi connectivity index (χ0) is 16.6. The Hall–Kier alpha value is -2.54. The SMILES string of the molecule is Cc1ccc(S(=O)(=O)Nc2ccc3c(c2)CNC(=O)N3C)cc1. The predicted molar refractivity (Wildman–Crippen MR) is 89.1 cm³/mol. The number of sulfonamides is 1. The highest BCUT2D eigenvalue weighted by atomic mass is 32.2. The summed E-state index contributed by atoms with van der Waals surface area (Å²) in [4.78, 5) is 13.3. The summed E-state index contributed by atoms with van der Waals surface area (Å²) < 4.78 is 27.4. The first kappa shape index (κ1) is 15.4. The molecule has 1 aliphatic rings. The van der Waals surface area contributed by atoms with Crippen LogP contribution >= 0.6 is 0 Å². The molecule has 0 spiro atoms. The summed E-state index contributed by atoms with van der Waals surface area (Å²) in [5, 5.41) is 2.73. The van der Waals surface area contributed by atoms with Gasteiger partial charge in [-0.15, -0.1) is 0 Å². The van der Waals surface area contributed by atoms with Crippen LogP contribution in [0.3, 0.4) is 0 Å². The van der Waals surface area contributed by atoms with Gasteiger partial charge >= 0.3 is 6.03 Å². The minimum Gasteiger partial charge on any atom is -0.334 e. The van der Waals surface area contributed by atoms with Crippen molar-refractivity contribution in [1.82, 2.24) is 5.32 Å². The van der Waals surface area contributed by atoms with Crippen LogP contribution < -0.4 is 14.9 Å². The van der Waals surface area contributed by atoms with Gasteiger partial charge in [-0.25, -0.2) is 13.2 Å². The Kier molecular flexibility index (Phi) is 3.73. The number of urea groups is 1. The molecule has 0 radical (unpaired) electrons. The largest absolute Gasteiger partial charge is 0.334 e. The molecule has 23 heavy (non-hydrogen) atoms. The van der Waals surface area contributed by atoms with E-state index in [-0.39, 0.29) is 10.9 Å². The van der Waals surface area contributed by atoms with E-state index in [1.54, 1.807) is 49.5 Å². The van der Waals surface area contributed by atoms with Crippen LogP contribution in [0.5, 0.6) is 0 Å². The standard InChI is InChI=1S/C16H17N3O3S/c1-11-3-6-14(7-4-11)23(21,22)18-13-5-8-15-12(9-13)10-17-16(20)19(15)2/h3-9,18H,10H2,1-2H3,(H,17,20). The van der Waals surface area contributed by atoms with E-state index in [4.69, 9.17) is 0 Å². The van der Waals surface area contributed by atoms with Crippen LogP contribution in [-0.2, 0) is 16.6 Å². The Bertz CT molecular complexity index is 861. The van der Waals surface area contributed by atoms with E-state index in [1.807, 2.05) is 6.92 Å². The molecule has 0 aliphatic carbocycles. The van der Waals surface area contributed by atoms with Gasteiger partial charge in [0.05, 0.1) is 10.6 Å². The lowest BCUT2D eigenvalue weighted by Crippen LogP contribution is -2.41. The molecule has 0 atom stereocenters. The summed E-state index contributed by atoms with van der Waals surface area (Å²) in [6.07, 6.45) is 0. The van der Waals surface area contributed by atoms with Crippen molar-refractivity contribution >= 4 is 27.4 Å². The first-order chi connectivity index (χ1) is 10.9. The maximum atomic E-state index is 12.4. The number of hydrogen-bond acceptors (Lipinski definition) is 3. The van der Waals surface area contributed by atoms with Crippen molar-refractivity contribution in [1.29, 1.82) is 0 Å². The molecule has 0 fully saturated rings.